The maximum Gasteiger partial charge on any atom is 0.318 e. The molecule has 190 valence electrons. The van der Waals surface area contributed by atoms with Crippen LogP contribution in [0.3, 0.4) is 0 Å². The highest BCUT2D eigenvalue weighted by atomic mass is 19.1. The van der Waals surface area contributed by atoms with Crippen molar-refractivity contribution in [3.05, 3.63) is 59.7 Å². The van der Waals surface area contributed by atoms with Gasteiger partial charge in [0.1, 0.15) is 11.5 Å². The number of H-pyrrole nitrogens is 1. The molecule has 1 saturated heterocycles. The number of nitrogens with zero attached hydrogens (tertiary/aromatic N) is 3. The molecule has 1 aromatic carbocycles. The monoisotopic (exact) mass is 490 g/mol. The molecule has 0 saturated carbocycles. The predicted octanol–water partition coefficient (Wildman–Crippen LogP) is 5.15. The molecule has 0 spiro atoms. The third-order valence-electron chi connectivity index (χ3n) is 6.83. The molecule has 1 fully saturated rings. The lowest BCUT2D eigenvalue weighted by molar-refractivity contribution is 0.134. The Kier molecular flexibility index (Phi) is 6.47. The first kappa shape index (κ1) is 24.3. The molecular weight excluding hydrogens is 455 g/mol. The van der Waals surface area contributed by atoms with E-state index in [1.807, 2.05) is 37.8 Å². The average Bonchev–Trinajstić information content (AvgIpc) is 3.25. The van der Waals surface area contributed by atoms with Gasteiger partial charge in [0.2, 0.25) is 0 Å². The number of likely N-dealkylation sites (tertiary alicyclic amines) is 1. The fraction of sp³-hybridized carbons (Fsp3) is 0.429. The van der Waals surface area contributed by atoms with Gasteiger partial charge < -0.3 is 25.4 Å². The summed E-state index contributed by atoms with van der Waals surface area (Å²) >= 11 is 0. The molecule has 0 bridgehead atoms. The number of anilines is 2. The maximum absolute atomic E-state index is 14.5. The number of carbonyl (C=O) groups is 1. The van der Waals surface area contributed by atoms with Crippen LogP contribution in [0.5, 0.6) is 0 Å². The number of amides is 2. The zero-order chi connectivity index (χ0) is 25.4. The minimum absolute atomic E-state index is 0.0365. The number of aromatic amines is 1. The van der Waals surface area contributed by atoms with Gasteiger partial charge in [-0.15, -0.1) is 0 Å². The number of rotatable bonds is 5. The highest BCUT2D eigenvalue weighted by Crippen LogP contribution is 2.31. The average molecular weight is 491 g/mol. The van der Waals surface area contributed by atoms with E-state index >= 15 is 0 Å². The van der Waals surface area contributed by atoms with E-state index in [4.69, 9.17) is 0 Å². The molecule has 0 unspecified atom stereocenters. The van der Waals surface area contributed by atoms with Gasteiger partial charge >= 0.3 is 6.03 Å². The van der Waals surface area contributed by atoms with Gasteiger partial charge in [0.25, 0.3) is 0 Å². The second-order valence-corrected chi connectivity index (χ2v) is 11.1. The van der Waals surface area contributed by atoms with Crippen molar-refractivity contribution in [2.45, 2.75) is 39.2 Å². The normalized spacial score (nSPS) is 17.1. The first-order valence-electron chi connectivity index (χ1n) is 12.6. The summed E-state index contributed by atoms with van der Waals surface area (Å²) < 4.78 is 14.5. The second-order valence-electron chi connectivity index (χ2n) is 11.1. The number of pyridine rings is 1. The molecule has 8 heteroatoms. The number of hydrogen-bond donors (Lipinski definition) is 3. The van der Waals surface area contributed by atoms with Crippen LogP contribution in [-0.2, 0) is 6.42 Å². The third kappa shape index (κ3) is 5.38. The molecule has 3 N–H and O–H groups in total. The van der Waals surface area contributed by atoms with Gasteiger partial charge in [-0.3, -0.25) is 0 Å². The summed E-state index contributed by atoms with van der Waals surface area (Å²) in [5.41, 5.74) is 5.27. The Bertz CT molecular complexity index is 1300. The Hall–Kier alpha value is -3.39. The zero-order valence-corrected chi connectivity index (χ0v) is 21.5. The predicted molar refractivity (Wildman–Crippen MR) is 143 cm³/mol. The van der Waals surface area contributed by atoms with Gasteiger partial charge in [0, 0.05) is 54.7 Å². The zero-order valence-electron chi connectivity index (χ0n) is 21.5. The van der Waals surface area contributed by atoms with Crippen LogP contribution >= 0.6 is 0 Å². The second kappa shape index (κ2) is 9.58. The van der Waals surface area contributed by atoms with E-state index in [-0.39, 0.29) is 17.4 Å². The first-order valence-corrected chi connectivity index (χ1v) is 12.6. The van der Waals surface area contributed by atoms with Gasteiger partial charge in [-0.1, -0.05) is 6.08 Å². The molecule has 2 aliphatic heterocycles. The van der Waals surface area contributed by atoms with Crippen LogP contribution in [0.1, 0.15) is 38.4 Å². The summed E-state index contributed by atoms with van der Waals surface area (Å²) in [6.45, 7) is 9.22. The van der Waals surface area contributed by atoms with Crippen LogP contribution < -0.4 is 10.6 Å². The number of fused-ring (bicyclic) bond motifs is 1. The lowest BCUT2D eigenvalue weighted by atomic mass is 9.92. The van der Waals surface area contributed by atoms with Crippen molar-refractivity contribution in [2.24, 2.45) is 5.92 Å². The van der Waals surface area contributed by atoms with Crippen LogP contribution in [0, 0.1) is 11.7 Å². The summed E-state index contributed by atoms with van der Waals surface area (Å²) in [6, 6.07) is 9.27. The van der Waals surface area contributed by atoms with Crippen molar-refractivity contribution >= 4 is 34.0 Å². The Morgan fingerprint density at radius 3 is 2.72 bits per heavy atom. The van der Waals surface area contributed by atoms with Gasteiger partial charge in [0.15, 0.2) is 0 Å². The Morgan fingerprint density at radius 2 is 2.03 bits per heavy atom. The van der Waals surface area contributed by atoms with E-state index < -0.39 is 0 Å². The maximum atomic E-state index is 14.5. The van der Waals surface area contributed by atoms with Crippen molar-refractivity contribution < 1.29 is 9.18 Å². The SMILES string of the molecule is CN1CC(Cc2cc(Nc3ccnc4[nH]c(C5=CCN(C(=O)NC(C)(C)C)CC5)cc34)ccc2F)C1. The van der Waals surface area contributed by atoms with Crippen molar-refractivity contribution in [1.82, 2.24) is 25.1 Å². The minimum Gasteiger partial charge on any atom is -0.355 e. The molecule has 2 aromatic heterocycles. The number of benzene rings is 1. The molecule has 2 amide bonds. The quantitative estimate of drug-likeness (QED) is 0.463. The van der Waals surface area contributed by atoms with E-state index in [1.165, 1.54) is 5.57 Å². The summed E-state index contributed by atoms with van der Waals surface area (Å²) in [6.07, 6.45) is 5.40. The smallest absolute Gasteiger partial charge is 0.318 e. The van der Waals surface area contributed by atoms with Crippen LogP contribution in [0.4, 0.5) is 20.6 Å². The molecule has 3 aromatic rings. The topological polar surface area (TPSA) is 76.3 Å². The number of nitrogens with one attached hydrogen (secondary N) is 3. The molecule has 0 aliphatic carbocycles. The molecule has 0 radical (unpaired) electrons. The standard InChI is InChI=1S/C28H35FN6O/c1-28(2,3)33-27(36)35-11-8-19(9-12-35)25-15-22-24(7-10-30-26(22)32-25)31-21-5-6-23(29)20(14-21)13-18-16-34(4)17-18/h5-8,10,14-15,18H,9,11-13,16-17H2,1-4H3,(H,33,36)(H2,30,31,32). The first-order chi connectivity index (χ1) is 17.1. The van der Waals surface area contributed by atoms with Crippen molar-refractivity contribution in [2.75, 3.05) is 38.5 Å². The van der Waals surface area contributed by atoms with Crippen LogP contribution in [0.25, 0.3) is 16.6 Å². The third-order valence-corrected chi connectivity index (χ3v) is 6.83. The van der Waals surface area contributed by atoms with E-state index in [1.54, 1.807) is 18.3 Å². The van der Waals surface area contributed by atoms with Gasteiger partial charge in [-0.05, 0) is 88.0 Å². The van der Waals surface area contributed by atoms with Crippen molar-refractivity contribution in [3.8, 4) is 0 Å². The molecule has 2 aliphatic rings. The molecule has 0 atom stereocenters. The van der Waals surface area contributed by atoms with Gasteiger partial charge in [-0.2, -0.15) is 0 Å². The Balaban J connectivity index is 1.32. The van der Waals surface area contributed by atoms with Crippen LogP contribution in [0.15, 0.2) is 42.6 Å². The lowest BCUT2D eigenvalue weighted by Gasteiger charge is -2.36. The Morgan fingerprint density at radius 1 is 1.22 bits per heavy atom. The lowest BCUT2D eigenvalue weighted by Crippen LogP contribution is -2.49. The minimum atomic E-state index is -0.257. The van der Waals surface area contributed by atoms with E-state index in [9.17, 15) is 9.18 Å². The van der Waals surface area contributed by atoms with Crippen LogP contribution in [0.2, 0.25) is 0 Å². The largest absolute Gasteiger partial charge is 0.355 e. The fourth-order valence-corrected chi connectivity index (χ4v) is 5.04. The number of aromatic nitrogens is 2. The van der Waals surface area contributed by atoms with Crippen molar-refractivity contribution in [3.63, 3.8) is 0 Å². The molecule has 5 rings (SSSR count). The highest BCUT2D eigenvalue weighted by Gasteiger charge is 2.25. The molecule has 7 nitrogen and oxygen atoms in total. The Labute approximate surface area is 211 Å². The summed E-state index contributed by atoms with van der Waals surface area (Å²) in [7, 11) is 2.09. The summed E-state index contributed by atoms with van der Waals surface area (Å²) in [5, 5.41) is 7.48. The number of hydrogen-bond acceptors (Lipinski definition) is 4. The van der Waals surface area contributed by atoms with E-state index in [2.05, 4.69) is 44.7 Å². The fourth-order valence-electron chi connectivity index (χ4n) is 5.04. The number of halogens is 1. The summed E-state index contributed by atoms with van der Waals surface area (Å²) in [4.78, 5) is 24.5. The van der Waals surface area contributed by atoms with Crippen LogP contribution in [-0.4, -0.2) is 64.6 Å². The van der Waals surface area contributed by atoms with E-state index in [0.29, 0.717) is 19.0 Å². The van der Waals surface area contributed by atoms with E-state index in [0.717, 1.165) is 59.6 Å². The summed E-state index contributed by atoms with van der Waals surface area (Å²) in [5.74, 6) is 0.368. The molecule has 36 heavy (non-hydrogen) atoms. The van der Waals surface area contributed by atoms with Gasteiger partial charge in [0.05, 0.1) is 5.69 Å². The number of urea groups is 1. The molecular formula is C28H35FN6O. The number of carbonyl (C=O) groups excluding carboxylic acids is 1. The van der Waals surface area contributed by atoms with Gasteiger partial charge in [-0.25, -0.2) is 14.2 Å². The molecule has 4 heterocycles. The van der Waals surface area contributed by atoms with Crippen molar-refractivity contribution in [1.29, 1.82) is 0 Å². The highest BCUT2D eigenvalue weighted by molar-refractivity contribution is 5.94.